The monoisotopic (exact) mass is 795 g/mol. The number of aliphatic carboxylic acids is 1. The molecule has 55 heavy (non-hydrogen) atoms. The molecular weight excluding hydrogens is 742 g/mol. The van der Waals surface area contributed by atoms with Gasteiger partial charge >= 0.3 is 5.97 Å². The summed E-state index contributed by atoms with van der Waals surface area (Å²) in [4.78, 5) is 112. The first-order chi connectivity index (χ1) is 26.0. The summed E-state index contributed by atoms with van der Waals surface area (Å²) in [6.45, 7) is 2.52. The predicted octanol–water partition coefficient (Wildman–Crippen LogP) is -3.27. The maximum atomic E-state index is 13.2. The van der Waals surface area contributed by atoms with Gasteiger partial charge in [0.1, 0.15) is 42.5 Å². The van der Waals surface area contributed by atoms with Crippen LogP contribution in [0.1, 0.15) is 52.0 Å². The fourth-order valence-electron chi connectivity index (χ4n) is 4.74. The molecule has 0 aromatic heterocycles. The number of benzene rings is 1. The molecule has 0 bridgehead atoms. The molecule has 0 heterocycles. The summed E-state index contributed by atoms with van der Waals surface area (Å²) < 4.78 is 0. The third-order valence-electron chi connectivity index (χ3n) is 7.70. The van der Waals surface area contributed by atoms with Crippen molar-refractivity contribution in [2.24, 2.45) is 5.73 Å². The van der Waals surface area contributed by atoms with Crippen LogP contribution in [0.25, 0.3) is 0 Å². The summed E-state index contributed by atoms with van der Waals surface area (Å²) >= 11 is 1.39. The number of hydrogen-bond donors (Lipinski definition) is 11. The van der Waals surface area contributed by atoms with Gasteiger partial charge in [-0.15, -0.1) is 0 Å². The Morgan fingerprint density at radius 2 is 1.22 bits per heavy atom. The number of phenolic OH excluding ortho intramolecular Hbond substituents is 1. The molecule has 0 radical (unpaired) electrons. The molecule has 1 aromatic carbocycles. The Labute approximate surface area is 323 Å². The molecule has 0 aliphatic rings. The molecule has 5 atom stereocenters. The molecule has 0 aliphatic heterocycles. The van der Waals surface area contributed by atoms with E-state index in [1.54, 1.807) is 18.4 Å². The van der Waals surface area contributed by atoms with E-state index in [1.807, 2.05) is 0 Å². The number of nitrogens with one attached hydrogen (secondary N) is 8. The summed E-state index contributed by atoms with van der Waals surface area (Å²) in [6.07, 6.45) is 3.33. The second-order valence-corrected chi connectivity index (χ2v) is 13.4. The van der Waals surface area contributed by atoms with Crippen LogP contribution in [0.4, 0.5) is 0 Å². The zero-order valence-corrected chi connectivity index (χ0v) is 32.1. The van der Waals surface area contributed by atoms with Crippen molar-refractivity contribution >= 4 is 65.0 Å². The van der Waals surface area contributed by atoms with Crippen LogP contribution in [0.5, 0.6) is 5.75 Å². The van der Waals surface area contributed by atoms with Crippen molar-refractivity contribution in [3.05, 3.63) is 29.8 Å². The van der Waals surface area contributed by atoms with Gasteiger partial charge in [0.2, 0.25) is 47.3 Å². The van der Waals surface area contributed by atoms with E-state index < -0.39 is 103 Å². The molecule has 8 amide bonds. The van der Waals surface area contributed by atoms with Crippen molar-refractivity contribution in [1.29, 1.82) is 0 Å². The molecule has 0 fully saturated rings. The Balaban J connectivity index is 2.82. The molecular formula is C34H53N9O11S. The number of rotatable bonds is 25. The Bertz CT molecular complexity index is 1500. The normalized spacial score (nSPS) is 13.3. The minimum absolute atomic E-state index is 0.0112. The molecule has 21 heteroatoms. The van der Waals surface area contributed by atoms with E-state index in [1.165, 1.54) is 44.7 Å². The van der Waals surface area contributed by atoms with Gasteiger partial charge in [-0.1, -0.05) is 12.1 Å². The maximum absolute atomic E-state index is 13.2. The Morgan fingerprint density at radius 3 is 1.82 bits per heavy atom. The third kappa shape index (κ3) is 20.0. The number of carbonyl (C=O) groups excluding carboxylic acids is 8. The Hall–Kier alpha value is -5.44. The lowest BCUT2D eigenvalue weighted by Gasteiger charge is -2.23. The van der Waals surface area contributed by atoms with E-state index in [-0.39, 0.29) is 25.0 Å². The van der Waals surface area contributed by atoms with Gasteiger partial charge in [-0.25, -0.2) is 0 Å². The van der Waals surface area contributed by atoms with Gasteiger partial charge in [0.05, 0.1) is 13.1 Å². The highest BCUT2D eigenvalue weighted by molar-refractivity contribution is 7.98. The van der Waals surface area contributed by atoms with Crippen LogP contribution in [0.3, 0.4) is 0 Å². The average molecular weight is 796 g/mol. The number of unbranched alkanes of at least 4 members (excludes halogenated alkanes) is 1. The molecule has 20 nitrogen and oxygen atoms in total. The maximum Gasteiger partial charge on any atom is 0.322 e. The number of carboxylic acid groups (broad SMARTS) is 1. The number of carbonyl (C=O) groups is 9. The first-order valence-electron chi connectivity index (χ1n) is 17.5. The van der Waals surface area contributed by atoms with Crippen molar-refractivity contribution in [3.8, 4) is 5.75 Å². The lowest BCUT2D eigenvalue weighted by molar-refractivity contribution is -0.138. The molecule has 306 valence electrons. The fourth-order valence-corrected chi connectivity index (χ4v) is 5.21. The lowest BCUT2D eigenvalue weighted by Crippen LogP contribution is -2.56. The van der Waals surface area contributed by atoms with Gasteiger partial charge in [-0.3, -0.25) is 43.2 Å². The standard InChI is InChI=1S/C34H53N9O11S/c1-19(30(50)38-18-29(48)49)39-31(51)20(2)40-33(53)25(12-14-55-4)42-28(47)17-36-27(46)16-37-32(52)26(15-22-8-10-23(45)11-9-22)43-34(54)24(41-21(3)44)7-5-6-13-35/h8-11,19-20,24-26,45H,5-7,12-18,35H2,1-4H3,(H,36,46)(H,37,52)(H,38,50)(H,39,51)(H,40,53)(H,41,44)(H,42,47)(H,43,54)(H,48,49)/t19-,20-,24-,25-,26-/m0/s1. The van der Waals surface area contributed by atoms with Gasteiger partial charge in [0.15, 0.2) is 0 Å². The number of phenols is 1. The minimum Gasteiger partial charge on any atom is -0.508 e. The van der Waals surface area contributed by atoms with Gasteiger partial charge < -0.3 is 58.5 Å². The third-order valence-corrected chi connectivity index (χ3v) is 8.34. The summed E-state index contributed by atoms with van der Waals surface area (Å²) in [6, 6.07) is 0.412. The highest BCUT2D eigenvalue weighted by Crippen LogP contribution is 2.12. The highest BCUT2D eigenvalue weighted by atomic mass is 32.2. The van der Waals surface area contributed by atoms with E-state index in [4.69, 9.17) is 10.8 Å². The predicted molar refractivity (Wildman–Crippen MR) is 201 cm³/mol. The van der Waals surface area contributed by atoms with Crippen LogP contribution in [0, 0.1) is 0 Å². The number of thioether (sulfide) groups is 1. The second kappa shape index (κ2) is 25.6. The quantitative estimate of drug-likeness (QED) is 0.0434. The van der Waals surface area contributed by atoms with E-state index >= 15 is 0 Å². The lowest BCUT2D eigenvalue weighted by atomic mass is 10.0. The zero-order chi connectivity index (χ0) is 41.5. The zero-order valence-electron chi connectivity index (χ0n) is 31.3. The van der Waals surface area contributed by atoms with E-state index in [0.717, 1.165) is 0 Å². The summed E-state index contributed by atoms with van der Waals surface area (Å²) in [5.74, 6) is -6.38. The van der Waals surface area contributed by atoms with Crippen molar-refractivity contribution in [2.75, 3.05) is 38.2 Å². The minimum atomic E-state index is -1.27. The second-order valence-electron chi connectivity index (χ2n) is 12.4. The van der Waals surface area contributed by atoms with Crippen molar-refractivity contribution < 1.29 is 53.4 Å². The molecule has 1 aromatic rings. The number of amides is 8. The average Bonchev–Trinajstić information content (AvgIpc) is 3.13. The Kier molecular flexibility index (Phi) is 22.1. The van der Waals surface area contributed by atoms with Crippen LogP contribution in [0.2, 0.25) is 0 Å². The molecule has 0 unspecified atom stereocenters. The van der Waals surface area contributed by atoms with Crippen molar-refractivity contribution in [3.63, 3.8) is 0 Å². The first kappa shape index (κ1) is 47.6. The summed E-state index contributed by atoms with van der Waals surface area (Å²) in [5, 5.41) is 37.7. The van der Waals surface area contributed by atoms with Crippen LogP contribution < -0.4 is 48.3 Å². The summed E-state index contributed by atoms with van der Waals surface area (Å²) in [7, 11) is 0. The van der Waals surface area contributed by atoms with Crippen molar-refractivity contribution in [1.82, 2.24) is 42.5 Å². The van der Waals surface area contributed by atoms with Crippen molar-refractivity contribution in [2.45, 2.75) is 83.1 Å². The SMILES string of the molecule is CSCC[C@H](NC(=O)CNC(=O)CNC(=O)[C@H](Cc1ccc(O)cc1)NC(=O)[C@H](CCCCN)NC(C)=O)C(=O)N[C@@H](C)C(=O)N[C@@H](C)C(=O)NCC(=O)O. The fraction of sp³-hybridized carbons (Fsp3) is 0.559. The molecule has 0 saturated heterocycles. The van der Waals surface area contributed by atoms with Gasteiger partial charge in [-0.2, -0.15) is 11.8 Å². The van der Waals surface area contributed by atoms with E-state index in [0.29, 0.717) is 30.7 Å². The van der Waals surface area contributed by atoms with E-state index in [9.17, 15) is 48.3 Å². The van der Waals surface area contributed by atoms with Crippen LogP contribution >= 0.6 is 11.8 Å². The van der Waals surface area contributed by atoms with Crippen LogP contribution in [-0.4, -0.2) is 132 Å². The number of carboxylic acids is 1. The Morgan fingerprint density at radius 1 is 0.655 bits per heavy atom. The molecule has 1 rings (SSSR count). The molecule has 0 aliphatic carbocycles. The van der Waals surface area contributed by atoms with E-state index in [2.05, 4.69) is 42.5 Å². The van der Waals surface area contributed by atoms with Gasteiger partial charge in [0.25, 0.3) is 0 Å². The first-order valence-corrected chi connectivity index (χ1v) is 18.8. The van der Waals surface area contributed by atoms with Crippen LogP contribution in [0.15, 0.2) is 24.3 Å². The summed E-state index contributed by atoms with van der Waals surface area (Å²) in [5.41, 5.74) is 6.12. The number of aromatic hydroxyl groups is 1. The highest BCUT2D eigenvalue weighted by Gasteiger charge is 2.28. The molecule has 0 saturated carbocycles. The van der Waals surface area contributed by atoms with Gasteiger partial charge in [0, 0.05) is 13.3 Å². The number of nitrogens with two attached hydrogens (primary N) is 1. The largest absolute Gasteiger partial charge is 0.508 e. The molecule has 0 spiro atoms. The number of hydrogen-bond acceptors (Lipinski definition) is 12. The topological polar surface area (TPSA) is 316 Å². The molecule has 12 N–H and O–H groups in total. The smallest absolute Gasteiger partial charge is 0.322 e. The van der Waals surface area contributed by atoms with Crippen LogP contribution in [-0.2, 0) is 49.6 Å². The van der Waals surface area contributed by atoms with Gasteiger partial charge in [-0.05, 0) is 75.8 Å².